The van der Waals surface area contributed by atoms with Gasteiger partial charge in [-0.15, -0.1) is 0 Å². The number of nitrogens with two attached hydrogens (primary N) is 1. The average molecular weight is 548 g/mol. The Hall–Kier alpha value is -3.80. The Morgan fingerprint density at radius 2 is 1.66 bits per heavy atom. The fourth-order valence-corrected chi connectivity index (χ4v) is 5.71. The molecule has 0 fully saturated rings. The van der Waals surface area contributed by atoms with Crippen molar-refractivity contribution in [3.05, 3.63) is 95.6 Å². The average Bonchev–Trinajstić information content (AvgIpc) is 3.23. The van der Waals surface area contributed by atoms with Gasteiger partial charge in [0.25, 0.3) is 5.91 Å². The third-order valence-electron chi connectivity index (χ3n) is 6.20. The maximum atomic E-state index is 13.0. The van der Waals surface area contributed by atoms with Gasteiger partial charge in [-0.3, -0.25) is 14.5 Å². The number of carbonyl (C=O) groups is 2. The minimum atomic E-state index is -3.74. The van der Waals surface area contributed by atoms with Crippen molar-refractivity contribution in [2.45, 2.75) is 23.8 Å². The van der Waals surface area contributed by atoms with Crippen LogP contribution in [0, 0.1) is 0 Å². The zero-order valence-corrected chi connectivity index (χ0v) is 21.9. The number of hydrogen-bond donors (Lipinski definition) is 2. The van der Waals surface area contributed by atoms with E-state index in [-0.39, 0.29) is 22.5 Å². The van der Waals surface area contributed by atoms with Crippen LogP contribution < -0.4 is 10.5 Å². The molecule has 38 heavy (non-hydrogen) atoms. The summed E-state index contributed by atoms with van der Waals surface area (Å²) in [5.74, 6) is 0.266. The second kappa shape index (κ2) is 10.9. The zero-order valence-electron chi connectivity index (χ0n) is 20.3. The van der Waals surface area contributed by atoms with E-state index < -0.39 is 16.1 Å². The molecule has 11 heteroatoms. The number of hydrogen-bond acceptors (Lipinski definition) is 7. The summed E-state index contributed by atoms with van der Waals surface area (Å²) in [6.45, 7) is 0.384. The summed E-state index contributed by atoms with van der Waals surface area (Å²) >= 11 is 1.26. The predicted octanol–water partition coefficient (Wildman–Crippen LogP) is 2.63. The molecule has 2 aliphatic heterocycles. The molecule has 9 nitrogen and oxygen atoms in total. The monoisotopic (exact) mass is 547 g/mol. The van der Waals surface area contributed by atoms with Crippen molar-refractivity contribution in [3.63, 3.8) is 0 Å². The number of amidine groups is 2. The van der Waals surface area contributed by atoms with Gasteiger partial charge in [-0.1, -0.05) is 66.4 Å². The minimum Gasteiger partial charge on any atom is -0.355 e. The molecule has 0 radical (unpaired) electrons. The maximum absolute atomic E-state index is 13.0. The number of nitrogens with zero attached hydrogens (tertiary/aromatic N) is 3. The van der Waals surface area contributed by atoms with Gasteiger partial charge >= 0.3 is 0 Å². The van der Waals surface area contributed by atoms with Gasteiger partial charge in [0.05, 0.1) is 16.3 Å². The van der Waals surface area contributed by atoms with E-state index in [9.17, 15) is 18.0 Å². The number of para-hydroxylation sites is 1. The van der Waals surface area contributed by atoms with Crippen LogP contribution in [0.2, 0.25) is 0 Å². The molecule has 5 rings (SSSR count). The first-order valence-electron chi connectivity index (χ1n) is 11.9. The molecule has 2 aliphatic rings. The summed E-state index contributed by atoms with van der Waals surface area (Å²) in [4.78, 5) is 36.7. The molecule has 0 aliphatic carbocycles. The quantitative estimate of drug-likeness (QED) is 0.445. The molecule has 3 N–H and O–H groups in total. The van der Waals surface area contributed by atoms with E-state index in [4.69, 9.17) is 10.1 Å². The highest BCUT2D eigenvalue weighted by Gasteiger charge is 2.41. The molecular weight excluding hydrogens is 522 g/mol. The number of amides is 2. The van der Waals surface area contributed by atoms with Crippen LogP contribution in [0.25, 0.3) is 0 Å². The molecule has 0 bridgehead atoms. The molecule has 3 aromatic rings. The number of thioether (sulfide) groups is 1. The predicted molar refractivity (Wildman–Crippen MR) is 148 cm³/mol. The first-order chi connectivity index (χ1) is 18.3. The van der Waals surface area contributed by atoms with E-state index in [0.717, 1.165) is 16.7 Å². The summed E-state index contributed by atoms with van der Waals surface area (Å²) in [5.41, 5.74) is 3.39. The number of rotatable bonds is 8. The van der Waals surface area contributed by atoms with Crippen LogP contribution in [0.3, 0.4) is 0 Å². The van der Waals surface area contributed by atoms with Crippen molar-refractivity contribution in [2.24, 2.45) is 15.1 Å². The van der Waals surface area contributed by atoms with Crippen LogP contribution in [0.1, 0.15) is 16.7 Å². The number of sulfonamides is 1. The van der Waals surface area contributed by atoms with Gasteiger partial charge in [0.1, 0.15) is 11.9 Å². The molecule has 0 saturated carbocycles. The summed E-state index contributed by atoms with van der Waals surface area (Å²) in [7, 11) is -3.74. The normalized spacial score (nSPS) is 16.4. The Morgan fingerprint density at radius 1 is 0.947 bits per heavy atom. The molecule has 1 atom stereocenters. The van der Waals surface area contributed by atoms with Crippen LogP contribution in [0.4, 0.5) is 5.69 Å². The van der Waals surface area contributed by atoms with Crippen LogP contribution >= 0.6 is 11.8 Å². The number of primary sulfonamides is 1. The van der Waals surface area contributed by atoms with Crippen LogP contribution in [-0.2, 0) is 32.5 Å². The summed E-state index contributed by atoms with van der Waals surface area (Å²) in [6.07, 6.45) is 1.01. The molecule has 2 amide bonds. The standard InChI is InChI=1S/C27H25N5O4S2/c28-38(35,36)20-12-10-18(11-13-20)14-15-29-24(33)17-37-27-30-22-9-5-4-8-21(22)25-31-26(34)23(32(25)27)16-19-6-2-1-3-7-19/h1-13,23H,14-17H2,(H,29,33)(H2,28,35,36). The van der Waals surface area contributed by atoms with Crippen LogP contribution in [0.15, 0.2) is 93.7 Å². The van der Waals surface area contributed by atoms with Crippen LogP contribution in [-0.4, -0.2) is 54.5 Å². The lowest BCUT2D eigenvalue weighted by molar-refractivity contribution is -0.119. The van der Waals surface area contributed by atoms with Crippen molar-refractivity contribution in [1.82, 2.24) is 10.2 Å². The fraction of sp³-hybridized carbons (Fsp3) is 0.185. The van der Waals surface area contributed by atoms with Gasteiger partial charge in [-0.25, -0.2) is 18.5 Å². The summed E-state index contributed by atoms with van der Waals surface area (Å²) < 4.78 is 22.8. The van der Waals surface area contributed by atoms with E-state index >= 15 is 0 Å². The van der Waals surface area contributed by atoms with Crippen molar-refractivity contribution in [3.8, 4) is 0 Å². The van der Waals surface area contributed by atoms with Gasteiger partial charge in [0, 0.05) is 18.5 Å². The van der Waals surface area contributed by atoms with Gasteiger partial charge in [0.15, 0.2) is 5.17 Å². The zero-order chi connectivity index (χ0) is 26.7. The van der Waals surface area contributed by atoms with Crippen molar-refractivity contribution in [2.75, 3.05) is 12.3 Å². The number of nitrogens with one attached hydrogen (secondary N) is 1. The Labute approximate surface area is 224 Å². The third kappa shape index (κ3) is 5.69. The second-order valence-corrected chi connectivity index (χ2v) is 11.3. The molecule has 0 saturated heterocycles. The first-order valence-corrected chi connectivity index (χ1v) is 14.5. The van der Waals surface area contributed by atoms with E-state index in [2.05, 4.69) is 10.3 Å². The van der Waals surface area contributed by atoms with E-state index in [1.165, 1.54) is 23.9 Å². The van der Waals surface area contributed by atoms with Gasteiger partial charge in [0.2, 0.25) is 15.9 Å². The lowest BCUT2D eigenvalue weighted by atomic mass is 10.0. The highest BCUT2D eigenvalue weighted by Crippen LogP contribution is 2.34. The molecule has 194 valence electrons. The topological polar surface area (TPSA) is 134 Å². The smallest absolute Gasteiger partial charge is 0.271 e. The summed E-state index contributed by atoms with van der Waals surface area (Å²) in [5, 5.41) is 8.57. The van der Waals surface area contributed by atoms with E-state index in [1.54, 1.807) is 12.1 Å². The lowest BCUT2D eigenvalue weighted by Gasteiger charge is -2.31. The molecule has 3 aromatic carbocycles. The second-order valence-electron chi connectivity index (χ2n) is 8.84. The van der Waals surface area contributed by atoms with E-state index in [0.29, 0.717) is 36.1 Å². The highest BCUT2D eigenvalue weighted by molar-refractivity contribution is 8.14. The number of carbonyl (C=O) groups excluding carboxylic acids is 2. The third-order valence-corrected chi connectivity index (χ3v) is 8.08. The Kier molecular flexibility index (Phi) is 7.41. The number of fused-ring (bicyclic) bond motifs is 3. The Bertz CT molecular complexity index is 1540. The first kappa shape index (κ1) is 25.8. The largest absolute Gasteiger partial charge is 0.355 e. The van der Waals surface area contributed by atoms with Gasteiger partial charge in [-0.2, -0.15) is 4.99 Å². The fourth-order valence-electron chi connectivity index (χ4n) is 4.31. The number of benzene rings is 3. The highest BCUT2D eigenvalue weighted by atomic mass is 32.2. The van der Waals surface area contributed by atoms with E-state index in [1.807, 2.05) is 59.5 Å². The minimum absolute atomic E-state index is 0.0467. The van der Waals surface area contributed by atoms with Crippen LogP contribution in [0.5, 0.6) is 0 Å². The maximum Gasteiger partial charge on any atom is 0.271 e. The Morgan fingerprint density at radius 3 is 2.39 bits per heavy atom. The van der Waals surface area contributed by atoms with Crippen molar-refractivity contribution >= 4 is 50.3 Å². The SMILES string of the molecule is NS(=O)(=O)c1ccc(CCNC(=O)CSC2=Nc3ccccc3C3=NC(=O)C(Cc4ccccc4)N23)cc1. The Balaban J connectivity index is 1.24. The summed E-state index contributed by atoms with van der Waals surface area (Å²) in [6, 6.07) is 23.0. The van der Waals surface area contributed by atoms with Crippen molar-refractivity contribution in [1.29, 1.82) is 0 Å². The van der Waals surface area contributed by atoms with Gasteiger partial charge < -0.3 is 5.32 Å². The van der Waals surface area contributed by atoms with Crippen molar-refractivity contribution < 1.29 is 18.0 Å². The molecule has 0 aromatic heterocycles. The lowest BCUT2D eigenvalue weighted by Crippen LogP contribution is -2.45. The number of aliphatic imine (C=N–C) groups is 2. The molecule has 1 unspecified atom stereocenters. The molecular formula is C27H25N5O4S2. The van der Waals surface area contributed by atoms with Gasteiger partial charge in [-0.05, 0) is 41.8 Å². The molecule has 0 spiro atoms. The molecule has 2 heterocycles.